The second-order valence-corrected chi connectivity index (χ2v) is 15.1. The highest BCUT2D eigenvalue weighted by Gasteiger charge is 2.50. The smallest absolute Gasteiger partial charge is 0.350 e. The summed E-state index contributed by atoms with van der Waals surface area (Å²) in [5.41, 5.74) is 5.37. The van der Waals surface area contributed by atoms with Gasteiger partial charge in [-0.2, -0.15) is 4.98 Å². The summed E-state index contributed by atoms with van der Waals surface area (Å²) in [6.45, 7) is 7.54. The minimum atomic E-state index is -2.55. The predicted octanol–water partition coefficient (Wildman–Crippen LogP) is 3.80. The molecule has 2 heterocycles. The Kier molecular flexibility index (Phi) is 6.60. The molecule has 2 N–H and O–H groups in total. The van der Waals surface area contributed by atoms with Gasteiger partial charge < -0.3 is 10.2 Å². The first-order valence-electron chi connectivity index (χ1n) is 11.1. The second-order valence-electron chi connectivity index (χ2n) is 9.31. The lowest BCUT2D eigenvalue weighted by atomic mass is 10.2. The van der Waals surface area contributed by atoms with Crippen molar-refractivity contribution in [3.8, 4) is 0 Å². The standard InChI is InChI=1S/C25H31N3O2SSi/c1-25(2,3)32(20-10-6-4-7-11-20,21-12-8-5-9-13-21)30-18-19-14-15-23(31-19)28-17-16-22(26)27-24(28)29/h4-13,16-17,19,23H,14-15,18H2,1-3H3,(H2,26,27,29)/t19-,23+/m0/s1. The van der Waals surface area contributed by atoms with E-state index in [0.29, 0.717) is 11.9 Å². The van der Waals surface area contributed by atoms with Gasteiger partial charge >= 0.3 is 5.69 Å². The van der Waals surface area contributed by atoms with Gasteiger partial charge in [-0.1, -0.05) is 81.4 Å². The van der Waals surface area contributed by atoms with Crippen LogP contribution in [0.4, 0.5) is 5.82 Å². The molecule has 1 aromatic heterocycles. The third kappa shape index (κ3) is 4.42. The first kappa shape index (κ1) is 22.8. The molecule has 0 bridgehead atoms. The van der Waals surface area contributed by atoms with Crippen molar-refractivity contribution < 1.29 is 4.43 Å². The van der Waals surface area contributed by atoms with Crippen LogP contribution in [0.5, 0.6) is 0 Å². The summed E-state index contributed by atoms with van der Waals surface area (Å²) in [4.78, 5) is 16.2. The van der Waals surface area contributed by atoms with Crippen molar-refractivity contribution in [2.24, 2.45) is 0 Å². The van der Waals surface area contributed by atoms with Crippen LogP contribution in [0.1, 0.15) is 39.0 Å². The van der Waals surface area contributed by atoms with Crippen LogP contribution in [0.25, 0.3) is 0 Å². The van der Waals surface area contributed by atoms with Crippen molar-refractivity contribution in [2.75, 3.05) is 12.3 Å². The van der Waals surface area contributed by atoms with E-state index in [1.54, 1.807) is 28.6 Å². The molecular weight excluding hydrogens is 434 g/mol. The van der Waals surface area contributed by atoms with Gasteiger partial charge in [0.25, 0.3) is 8.32 Å². The van der Waals surface area contributed by atoms with Gasteiger partial charge in [-0.3, -0.25) is 4.57 Å². The fraction of sp³-hybridized carbons (Fsp3) is 0.360. The fourth-order valence-electron chi connectivity index (χ4n) is 4.64. The monoisotopic (exact) mass is 465 g/mol. The number of thioether (sulfide) groups is 1. The summed E-state index contributed by atoms with van der Waals surface area (Å²) >= 11 is 1.80. The molecule has 0 radical (unpaired) electrons. The maximum atomic E-state index is 12.3. The van der Waals surface area contributed by atoms with Gasteiger partial charge in [0.15, 0.2) is 0 Å². The summed E-state index contributed by atoms with van der Waals surface area (Å²) in [7, 11) is -2.55. The van der Waals surface area contributed by atoms with E-state index >= 15 is 0 Å². The van der Waals surface area contributed by atoms with Gasteiger partial charge in [0.2, 0.25) is 0 Å². The summed E-state index contributed by atoms with van der Waals surface area (Å²) in [6, 6.07) is 23.1. The molecule has 2 aromatic carbocycles. The molecule has 0 saturated carbocycles. The molecule has 1 aliphatic rings. The maximum Gasteiger partial charge on any atom is 0.350 e. The molecule has 1 aliphatic heterocycles. The number of nitrogens with zero attached hydrogens (tertiary/aromatic N) is 2. The number of nitrogen functional groups attached to an aromatic ring is 1. The van der Waals surface area contributed by atoms with Crippen molar-refractivity contribution in [1.82, 2.24) is 9.55 Å². The van der Waals surface area contributed by atoms with E-state index in [1.807, 2.05) is 0 Å². The van der Waals surface area contributed by atoms with Crippen LogP contribution in [0.3, 0.4) is 0 Å². The van der Waals surface area contributed by atoms with Gasteiger partial charge in [0, 0.05) is 18.1 Å². The Labute approximate surface area is 195 Å². The highest BCUT2D eigenvalue weighted by Crippen LogP contribution is 2.42. The van der Waals surface area contributed by atoms with E-state index in [0.717, 1.165) is 12.8 Å². The first-order valence-corrected chi connectivity index (χ1v) is 13.9. The van der Waals surface area contributed by atoms with Gasteiger partial charge in [0.05, 0.1) is 5.37 Å². The molecule has 3 aromatic rings. The summed E-state index contributed by atoms with van der Waals surface area (Å²) in [5, 5.41) is 2.93. The molecular formula is C25H31N3O2SSi. The van der Waals surface area contributed by atoms with E-state index in [4.69, 9.17) is 10.2 Å². The molecule has 0 aliphatic carbocycles. The van der Waals surface area contributed by atoms with E-state index in [2.05, 4.69) is 86.4 Å². The highest BCUT2D eigenvalue weighted by atomic mass is 32.2. The molecule has 5 nitrogen and oxygen atoms in total. The molecule has 2 atom stereocenters. The molecule has 7 heteroatoms. The molecule has 32 heavy (non-hydrogen) atoms. The van der Waals surface area contributed by atoms with Gasteiger partial charge in [0.1, 0.15) is 5.82 Å². The van der Waals surface area contributed by atoms with Crippen LogP contribution in [0.15, 0.2) is 77.7 Å². The number of hydrogen-bond acceptors (Lipinski definition) is 5. The Morgan fingerprint density at radius 1 is 1.03 bits per heavy atom. The van der Waals surface area contributed by atoms with Gasteiger partial charge in [-0.25, -0.2) is 4.79 Å². The third-order valence-corrected chi connectivity index (χ3v) is 12.7. The van der Waals surface area contributed by atoms with Crippen LogP contribution in [-0.4, -0.2) is 29.7 Å². The number of nitrogens with two attached hydrogens (primary N) is 1. The zero-order chi connectivity index (χ0) is 22.8. The predicted molar refractivity (Wildman–Crippen MR) is 136 cm³/mol. The Balaban J connectivity index is 1.61. The first-order chi connectivity index (χ1) is 15.3. The number of hydrogen-bond donors (Lipinski definition) is 1. The average molecular weight is 466 g/mol. The van der Waals surface area contributed by atoms with E-state index < -0.39 is 8.32 Å². The maximum absolute atomic E-state index is 12.3. The zero-order valence-electron chi connectivity index (χ0n) is 18.9. The van der Waals surface area contributed by atoms with E-state index in [1.165, 1.54) is 10.4 Å². The number of benzene rings is 2. The SMILES string of the molecule is CC(C)(C)[Si](OC[C@@H]1CC[C@H](n2ccc(N)nc2=O)S1)(c1ccccc1)c1ccccc1. The fourth-order valence-corrected chi connectivity index (χ4v) is 10.8. The Morgan fingerprint density at radius 2 is 1.62 bits per heavy atom. The third-order valence-electron chi connectivity index (χ3n) is 6.15. The minimum Gasteiger partial charge on any atom is -0.406 e. The molecule has 0 unspecified atom stereocenters. The largest absolute Gasteiger partial charge is 0.406 e. The second kappa shape index (κ2) is 9.25. The van der Waals surface area contributed by atoms with Crippen LogP contribution in [-0.2, 0) is 4.43 Å². The molecule has 168 valence electrons. The van der Waals surface area contributed by atoms with Crippen LogP contribution >= 0.6 is 11.8 Å². The topological polar surface area (TPSA) is 70.1 Å². The van der Waals surface area contributed by atoms with Crippen molar-refractivity contribution in [3.05, 3.63) is 83.4 Å². The zero-order valence-corrected chi connectivity index (χ0v) is 20.7. The van der Waals surface area contributed by atoms with Gasteiger partial charge in [-0.15, -0.1) is 11.8 Å². The van der Waals surface area contributed by atoms with E-state index in [9.17, 15) is 4.79 Å². The Hall–Kier alpha value is -2.35. The summed E-state index contributed by atoms with van der Waals surface area (Å²) in [5.74, 6) is 0.265. The van der Waals surface area contributed by atoms with Crippen LogP contribution in [0.2, 0.25) is 5.04 Å². The summed E-state index contributed by atoms with van der Waals surface area (Å²) < 4.78 is 8.78. The Bertz CT molecular complexity index is 1060. The number of aromatic nitrogens is 2. The van der Waals surface area contributed by atoms with Crippen molar-refractivity contribution in [1.29, 1.82) is 0 Å². The Morgan fingerprint density at radius 3 is 2.16 bits per heavy atom. The lowest BCUT2D eigenvalue weighted by Crippen LogP contribution is -2.67. The van der Waals surface area contributed by atoms with Crippen LogP contribution < -0.4 is 21.8 Å². The van der Waals surface area contributed by atoms with Crippen molar-refractivity contribution in [2.45, 2.75) is 49.3 Å². The average Bonchev–Trinajstić information content (AvgIpc) is 3.23. The summed E-state index contributed by atoms with van der Waals surface area (Å²) in [6.07, 6.45) is 3.68. The minimum absolute atomic E-state index is 0.0454. The molecule has 0 spiro atoms. The number of rotatable bonds is 6. The van der Waals surface area contributed by atoms with Gasteiger partial charge in [-0.05, 0) is 34.3 Å². The van der Waals surface area contributed by atoms with Crippen molar-refractivity contribution >= 4 is 36.3 Å². The molecule has 1 saturated heterocycles. The van der Waals surface area contributed by atoms with Crippen LogP contribution in [0, 0.1) is 0 Å². The number of anilines is 1. The van der Waals surface area contributed by atoms with Crippen molar-refractivity contribution in [3.63, 3.8) is 0 Å². The molecule has 4 rings (SSSR count). The molecule has 1 fully saturated rings. The molecule has 0 amide bonds. The van der Waals surface area contributed by atoms with E-state index in [-0.39, 0.29) is 21.9 Å². The lowest BCUT2D eigenvalue weighted by molar-refractivity contribution is 0.295. The lowest BCUT2D eigenvalue weighted by Gasteiger charge is -2.43. The quantitative estimate of drug-likeness (QED) is 0.561. The highest BCUT2D eigenvalue weighted by molar-refractivity contribution is 8.00. The normalized spacial score (nSPS) is 19.2.